The fourth-order valence-electron chi connectivity index (χ4n) is 4.45. The van der Waals surface area contributed by atoms with Crippen LogP contribution in [0.5, 0.6) is 11.5 Å². The highest BCUT2D eigenvalue weighted by Crippen LogP contribution is 2.45. The van der Waals surface area contributed by atoms with E-state index in [9.17, 15) is 18.0 Å². The van der Waals surface area contributed by atoms with Crippen LogP contribution in [0, 0.1) is 0 Å². The number of carbonyl (C=O) groups excluding carboxylic acids is 1. The summed E-state index contributed by atoms with van der Waals surface area (Å²) in [5.74, 6) is 1.02. The van der Waals surface area contributed by atoms with Gasteiger partial charge in [-0.3, -0.25) is 4.79 Å². The number of ether oxygens (including phenoxy) is 2. The van der Waals surface area contributed by atoms with Gasteiger partial charge in [0.15, 0.2) is 17.5 Å². The van der Waals surface area contributed by atoms with Gasteiger partial charge in [0.05, 0.1) is 32.0 Å². The standard InChI is InChI=1S/C25H26F3N5O3.ClH/c1-35-20-8-7-16(9-21(20)36-2)18-10-22(25(26,27)28)33-23(31-18)11-19(32-33)14-3-5-15(6-4-14)24(34)30-17-12-29-13-17;/h3-9,11,17-18,22,29,31H,10,12-13H2,1-2H3,(H,30,34);1H. The van der Waals surface area contributed by atoms with Gasteiger partial charge in [0.25, 0.3) is 5.91 Å². The average molecular weight is 538 g/mol. The highest BCUT2D eigenvalue weighted by molar-refractivity contribution is 5.95. The number of nitrogens with one attached hydrogen (secondary N) is 3. The molecule has 1 amide bonds. The Morgan fingerprint density at radius 2 is 1.76 bits per heavy atom. The Balaban J connectivity index is 0.00000320. The maximum atomic E-state index is 14.1. The molecule has 8 nitrogen and oxygen atoms in total. The Morgan fingerprint density at radius 1 is 1.05 bits per heavy atom. The summed E-state index contributed by atoms with van der Waals surface area (Å²) in [7, 11) is 2.98. The molecule has 0 spiro atoms. The van der Waals surface area contributed by atoms with E-state index < -0.39 is 18.3 Å². The normalized spacial score (nSPS) is 19.1. The molecule has 12 heteroatoms. The molecule has 1 saturated heterocycles. The van der Waals surface area contributed by atoms with Gasteiger partial charge < -0.3 is 25.4 Å². The van der Waals surface area contributed by atoms with Gasteiger partial charge in [-0.1, -0.05) is 18.2 Å². The minimum atomic E-state index is -4.49. The van der Waals surface area contributed by atoms with Gasteiger partial charge in [0.1, 0.15) is 5.82 Å². The first-order chi connectivity index (χ1) is 17.3. The van der Waals surface area contributed by atoms with Crippen molar-refractivity contribution in [3.8, 4) is 22.8 Å². The van der Waals surface area contributed by atoms with E-state index in [2.05, 4.69) is 21.0 Å². The molecule has 3 N–H and O–H groups in total. The summed E-state index contributed by atoms with van der Waals surface area (Å²) < 4.78 is 53.8. The summed E-state index contributed by atoms with van der Waals surface area (Å²) in [4.78, 5) is 12.4. The fourth-order valence-corrected chi connectivity index (χ4v) is 4.45. The van der Waals surface area contributed by atoms with Gasteiger partial charge in [-0.15, -0.1) is 12.4 Å². The lowest BCUT2D eigenvalue weighted by Gasteiger charge is -2.33. The monoisotopic (exact) mass is 537 g/mol. The molecule has 1 fully saturated rings. The van der Waals surface area contributed by atoms with Crippen LogP contribution in [0.1, 0.15) is 34.4 Å². The number of carbonyl (C=O) groups is 1. The Labute approximate surface area is 217 Å². The number of rotatable bonds is 6. The van der Waals surface area contributed by atoms with Crippen molar-refractivity contribution in [2.45, 2.75) is 30.7 Å². The Kier molecular flexibility index (Phi) is 7.56. The Morgan fingerprint density at radius 3 is 2.35 bits per heavy atom. The van der Waals surface area contributed by atoms with E-state index in [1.54, 1.807) is 48.5 Å². The molecule has 0 bridgehead atoms. The number of nitrogens with zero attached hydrogens (tertiary/aromatic N) is 2. The first-order valence-electron chi connectivity index (χ1n) is 11.5. The third-order valence-electron chi connectivity index (χ3n) is 6.56. The van der Waals surface area contributed by atoms with Crippen molar-refractivity contribution in [3.63, 3.8) is 0 Å². The number of fused-ring (bicyclic) bond motifs is 1. The highest BCUT2D eigenvalue weighted by atomic mass is 35.5. The quantitative estimate of drug-likeness (QED) is 0.433. The summed E-state index contributed by atoms with van der Waals surface area (Å²) in [6.45, 7) is 1.48. The van der Waals surface area contributed by atoms with E-state index in [0.29, 0.717) is 33.9 Å². The molecular weight excluding hydrogens is 511 g/mol. The average Bonchev–Trinajstić information content (AvgIpc) is 3.28. The molecule has 3 aromatic rings. The number of benzene rings is 2. The largest absolute Gasteiger partial charge is 0.493 e. The minimum Gasteiger partial charge on any atom is -0.493 e. The second kappa shape index (κ2) is 10.5. The molecule has 0 saturated carbocycles. The first-order valence-corrected chi connectivity index (χ1v) is 11.5. The Hall–Kier alpha value is -3.44. The summed E-state index contributed by atoms with van der Waals surface area (Å²) >= 11 is 0. The van der Waals surface area contributed by atoms with Gasteiger partial charge in [-0.25, -0.2) is 4.68 Å². The van der Waals surface area contributed by atoms with Crippen molar-refractivity contribution < 1.29 is 27.4 Å². The van der Waals surface area contributed by atoms with Crippen LogP contribution < -0.4 is 25.4 Å². The molecule has 37 heavy (non-hydrogen) atoms. The molecule has 3 heterocycles. The number of hydrogen-bond acceptors (Lipinski definition) is 6. The lowest BCUT2D eigenvalue weighted by Crippen LogP contribution is -2.56. The smallest absolute Gasteiger partial charge is 0.410 e. The van der Waals surface area contributed by atoms with Crippen LogP contribution in [0.2, 0.25) is 0 Å². The molecule has 0 radical (unpaired) electrons. The zero-order valence-corrected chi connectivity index (χ0v) is 20.9. The highest BCUT2D eigenvalue weighted by Gasteiger charge is 2.46. The van der Waals surface area contributed by atoms with Crippen molar-refractivity contribution in [2.24, 2.45) is 0 Å². The number of alkyl halides is 3. The molecule has 2 unspecified atom stereocenters. The number of aromatic nitrogens is 2. The SMILES string of the molecule is COc1ccc(C2CC(C(F)(F)F)n3nc(-c4ccc(C(=O)NC5CNC5)cc4)cc3N2)cc1OC.Cl. The summed E-state index contributed by atoms with van der Waals surface area (Å²) in [6, 6.07) is 11.1. The number of halogens is 4. The summed E-state index contributed by atoms with van der Waals surface area (Å²) in [5.41, 5.74) is 2.13. The summed E-state index contributed by atoms with van der Waals surface area (Å²) in [5, 5.41) is 13.5. The third-order valence-corrected chi connectivity index (χ3v) is 6.56. The molecule has 1 aromatic heterocycles. The first kappa shape index (κ1) is 26.6. The van der Waals surface area contributed by atoms with E-state index in [4.69, 9.17) is 9.47 Å². The van der Waals surface area contributed by atoms with Crippen molar-refractivity contribution in [1.29, 1.82) is 0 Å². The molecule has 0 aliphatic carbocycles. The number of anilines is 1. The van der Waals surface area contributed by atoms with Gasteiger partial charge in [0, 0.05) is 36.7 Å². The second-order valence-electron chi connectivity index (χ2n) is 8.87. The maximum absolute atomic E-state index is 14.1. The zero-order chi connectivity index (χ0) is 25.4. The molecule has 2 aliphatic heterocycles. The van der Waals surface area contributed by atoms with Crippen LogP contribution >= 0.6 is 12.4 Å². The van der Waals surface area contributed by atoms with Crippen LogP contribution in [-0.4, -0.2) is 55.2 Å². The van der Waals surface area contributed by atoms with Crippen molar-refractivity contribution >= 4 is 24.1 Å². The topological polar surface area (TPSA) is 89.4 Å². The van der Waals surface area contributed by atoms with Crippen LogP contribution in [0.15, 0.2) is 48.5 Å². The van der Waals surface area contributed by atoms with E-state index in [0.717, 1.165) is 17.8 Å². The number of hydrogen-bond donors (Lipinski definition) is 3. The lowest BCUT2D eigenvalue weighted by atomic mass is 9.96. The van der Waals surface area contributed by atoms with E-state index >= 15 is 0 Å². The number of amides is 1. The fraction of sp³-hybridized carbons (Fsp3) is 0.360. The minimum absolute atomic E-state index is 0. The Bertz CT molecular complexity index is 1260. The van der Waals surface area contributed by atoms with Gasteiger partial charge in [0.2, 0.25) is 0 Å². The molecule has 2 aromatic carbocycles. The van der Waals surface area contributed by atoms with E-state index in [1.807, 2.05) is 0 Å². The lowest BCUT2D eigenvalue weighted by molar-refractivity contribution is -0.173. The van der Waals surface area contributed by atoms with E-state index in [1.165, 1.54) is 14.2 Å². The maximum Gasteiger partial charge on any atom is 0.410 e. The predicted molar refractivity (Wildman–Crippen MR) is 135 cm³/mol. The summed E-state index contributed by atoms with van der Waals surface area (Å²) in [6.07, 6.45) is -4.73. The zero-order valence-electron chi connectivity index (χ0n) is 20.1. The van der Waals surface area contributed by atoms with E-state index in [-0.39, 0.29) is 36.6 Å². The molecule has 2 atom stereocenters. The van der Waals surface area contributed by atoms with Gasteiger partial charge >= 0.3 is 6.18 Å². The molecule has 5 rings (SSSR count). The van der Waals surface area contributed by atoms with Gasteiger partial charge in [-0.05, 0) is 29.8 Å². The van der Waals surface area contributed by atoms with Crippen molar-refractivity contribution in [2.75, 3.05) is 32.6 Å². The second-order valence-corrected chi connectivity index (χ2v) is 8.87. The molecular formula is C25H27ClF3N5O3. The van der Waals surface area contributed by atoms with Crippen LogP contribution in [0.3, 0.4) is 0 Å². The van der Waals surface area contributed by atoms with Gasteiger partial charge in [-0.2, -0.15) is 18.3 Å². The molecule has 2 aliphatic rings. The third kappa shape index (κ3) is 5.33. The van der Waals surface area contributed by atoms with Crippen molar-refractivity contribution in [1.82, 2.24) is 20.4 Å². The number of methoxy groups -OCH3 is 2. The van der Waals surface area contributed by atoms with Crippen LogP contribution in [0.25, 0.3) is 11.3 Å². The predicted octanol–water partition coefficient (Wildman–Crippen LogP) is 4.35. The van der Waals surface area contributed by atoms with Crippen LogP contribution in [-0.2, 0) is 0 Å². The van der Waals surface area contributed by atoms with Crippen LogP contribution in [0.4, 0.5) is 19.0 Å². The van der Waals surface area contributed by atoms with Crippen molar-refractivity contribution in [3.05, 3.63) is 59.7 Å². The molecule has 198 valence electrons.